The molecule has 0 unspecified atom stereocenters. The van der Waals surface area contributed by atoms with Crippen molar-refractivity contribution in [1.82, 2.24) is 0 Å². The van der Waals surface area contributed by atoms with Gasteiger partial charge in [-0.1, -0.05) is 24.3 Å². The number of nitrogens with two attached hydrogens (primary N) is 1. The van der Waals surface area contributed by atoms with Crippen molar-refractivity contribution in [2.24, 2.45) is 5.73 Å². The highest BCUT2D eigenvalue weighted by Gasteiger charge is 2.22. The molecule has 20 heavy (non-hydrogen) atoms. The number of carbonyl (C=O) groups is 1. The summed E-state index contributed by atoms with van der Waals surface area (Å²) >= 11 is 0. The van der Waals surface area contributed by atoms with Crippen LogP contribution in [0.25, 0.3) is 0 Å². The molecule has 1 aliphatic heterocycles. The van der Waals surface area contributed by atoms with Crippen molar-refractivity contribution in [2.75, 3.05) is 16.8 Å². The van der Waals surface area contributed by atoms with Crippen LogP contribution in [-0.2, 0) is 4.79 Å². The summed E-state index contributed by atoms with van der Waals surface area (Å²) in [5.41, 5.74) is 9.81. The fourth-order valence-electron chi connectivity index (χ4n) is 2.42. The Morgan fingerprint density at radius 3 is 2.55 bits per heavy atom. The van der Waals surface area contributed by atoms with Gasteiger partial charge in [0.25, 0.3) is 0 Å². The number of carbonyl (C=O) groups excluding carboxylic acids is 1. The maximum Gasteiger partial charge on any atom is 0.244 e. The molecule has 2 aromatic rings. The SMILES string of the molecule is C[C@H](N)c1ccc(N2CC(=O)Nc3ccccc32)cc1. The summed E-state index contributed by atoms with van der Waals surface area (Å²) in [5, 5.41) is 2.89. The van der Waals surface area contributed by atoms with Crippen LogP contribution < -0.4 is 16.0 Å². The van der Waals surface area contributed by atoms with Crippen LogP contribution in [0, 0.1) is 0 Å². The van der Waals surface area contributed by atoms with E-state index in [1.54, 1.807) is 0 Å². The van der Waals surface area contributed by atoms with Gasteiger partial charge < -0.3 is 16.0 Å². The largest absolute Gasteiger partial charge is 0.330 e. The number of anilines is 3. The van der Waals surface area contributed by atoms with Crippen molar-refractivity contribution < 1.29 is 4.79 Å². The Bertz CT molecular complexity index is 634. The number of rotatable bonds is 2. The molecule has 0 radical (unpaired) electrons. The topological polar surface area (TPSA) is 58.4 Å². The van der Waals surface area contributed by atoms with Crippen LogP contribution >= 0.6 is 0 Å². The summed E-state index contributed by atoms with van der Waals surface area (Å²) in [7, 11) is 0. The third-order valence-corrected chi connectivity index (χ3v) is 3.50. The van der Waals surface area contributed by atoms with Crippen molar-refractivity contribution in [3.63, 3.8) is 0 Å². The van der Waals surface area contributed by atoms with Gasteiger partial charge in [-0.25, -0.2) is 0 Å². The Morgan fingerprint density at radius 2 is 1.85 bits per heavy atom. The monoisotopic (exact) mass is 267 g/mol. The molecule has 1 heterocycles. The lowest BCUT2D eigenvalue weighted by Gasteiger charge is -2.31. The zero-order chi connectivity index (χ0) is 14.1. The molecule has 102 valence electrons. The average molecular weight is 267 g/mol. The molecule has 0 spiro atoms. The van der Waals surface area contributed by atoms with E-state index in [4.69, 9.17) is 5.73 Å². The third-order valence-electron chi connectivity index (χ3n) is 3.50. The van der Waals surface area contributed by atoms with Crippen LogP contribution in [0.5, 0.6) is 0 Å². The van der Waals surface area contributed by atoms with E-state index in [-0.39, 0.29) is 11.9 Å². The van der Waals surface area contributed by atoms with E-state index in [0.717, 1.165) is 22.6 Å². The first-order chi connectivity index (χ1) is 9.65. The van der Waals surface area contributed by atoms with Gasteiger partial charge in [-0.05, 0) is 36.8 Å². The molecule has 4 heteroatoms. The number of hydrogen-bond acceptors (Lipinski definition) is 3. The van der Waals surface area contributed by atoms with E-state index in [2.05, 4.69) is 5.32 Å². The Balaban J connectivity index is 1.99. The van der Waals surface area contributed by atoms with E-state index in [1.807, 2.05) is 60.4 Å². The molecule has 0 aliphatic carbocycles. The second-order valence-corrected chi connectivity index (χ2v) is 5.03. The van der Waals surface area contributed by atoms with Crippen molar-refractivity contribution in [3.05, 3.63) is 54.1 Å². The summed E-state index contributed by atoms with van der Waals surface area (Å²) in [6.45, 7) is 2.28. The van der Waals surface area contributed by atoms with Crippen LogP contribution in [0.3, 0.4) is 0 Å². The molecular formula is C16H17N3O. The summed E-state index contributed by atoms with van der Waals surface area (Å²) in [4.78, 5) is 13.8. The van der Waals surface area contributed by atoms with Crippen LogP contribution in [0.15, 0.2) is 48.5 Å². The minimum Gasteiger partial charge on any atom is -0.330 e. The quantitative estimate of drug-likeness (QED) is 0.879. The molecule has 0 saturated carbocycles. The molecule has 0 aromatic heterocycles. The van der Waals surface area contributed by atoms with Gasteiger partial charge in [0, 0.05) is 11.7 Å². The number of amides is 1. The molecule has 3 N–H and O–H groups in total. The first-order valence-electron chi connectivity index (χ1n) is 6.67. The van der Waals surface area contributed by atoms with E-state index in [9.17, 15) is 4.79 Å². The molecule has 0 fully saturated rings. The Labute approximate surface area is 118 Å². The second kappa shape index (κ2) is 4.98. The van der Waals surface area contributed by atoms with Crippen LogP contribution in [-0.4, -0.2) is 12.5 Å². The fourth-order valence-corrected chi connectivity index (χ4v) is 2.42. The van der Waals surface area contributed by atoms with E-state index >= 15 is 0 Å². The Morgan fingerprint density at radius 1 is 1.15 bits per heavy atom. The molecule has 0 saturated heterocycles. The number of fused-ring (bicyclic) bond motifs is 1. The minimum atomic E-state index is -0.0000283. The van der Waals surface area contributed by atoms with Crippen molar-refractivity contribution in [1.29, 1.82) is 0 Å². The summed E-state index contributed by atoms with van der Waals surface area (Å²) < 4.78 is 0. The third kappa shape index (κ3) is 2.26. The van der Waals surface area contributed by atoms with Crippen LogP contribution in [0.4, 0.5) is 17.1 Å². The maximum absolute atomic E-state index is 11.8. The first-order valence-corrected chi connectivity index (χ1v) is 6.67. The Hall–Kier alpha value is -2.33. The van der Waals surface area contributed by atoms with Crippen molar-refractivity contribution in [2.45, 2.75) is 13.0 Å². The smallest absolute Gasteiger partial charge is 0.244 e. The van der Waals surface area contributed by atoms with E-state index in [1.165, 1.54) is 0 Å². The minimum absolute atomic E-state index is 0.0000283. The van der Waals surface area contributed by atoms with Gasteiger partial charge in [-0.2, -0.15) is 0 Å². The predicted molar refractivity (Wildman–Crippen MR) is 81.1 cm³/mol. The molecule has 3 rings (SSSR count). The molecule has 1 aliphatic rings. The number of benzene rings is 2. The lowest BCUT2D eigenvalue weighted by atomic mass is 10.1. The standard InChI is InChI=1S/C16H17N3O/c1-11(17)12-6-8-13(9-7-12)19-10-16(20)18-14-4-2-3-5-15(14)19/h2-9,11H,10,17H2,1H3,(H,18,20)/t11-/m0/s1. The van der Waals surface area contributed by atoms with Crippen LogP contribution in [0.1, 0.15) is 18.5 Å². The lowest BCUT2D eigenvalue weighted by Crippen LogP contribution is -2.34. The zero-order valence-corrected chi connectivity index (χ0v) is 11.3. The predicted octanol–water partition coefficient (Wildman–Crippen LogP) is 2.80. The molecule has 1 atom stereocenters. The summed E-state index contributed by atoms with van der Waals surface area (Å²) in [6.07, 6.45) is 0. The van der Waals surface area contributed by atoms with E-state index < -0.39 is 0 Å². The molecule has 0 bridgehead atoms. The molecule has 4 nitrogen and oxygen atoms in total. The highest BCUT2D eigenvalue weighted by atomic mass is 16.2. The number of nitrogens with one attached hydrogen (secondary N) is 1. The first kappa shape index (κ1) is 12.7. The van der Waals surface area contributed by atoms with Gasteiger partial charge in [-0.3, -0.25) is 4.79 Å². The average Bonchev–Trinajstić information content (AvgIpc) is 2.46. The zero-order valence-electron chi connectivity index (χ0n) is 11.3. The van der Waals surface area contributed by atoms with E-state index in [0.29, 0.717) is 6.54 Å². The fraction of sp³-hybridized carbons (Fsp3) is 0.188. The van der Waals surface area contributed by atoms with Gasteiger partial charge >= 0.3 is 0 Å². The second-order valence-electron chi connectivity index (χ2n) is 5.03. The van der Waals surface area contributed by atoms with Crippen molar-refractivity contribution >= 4 is 23.0 Å². The summed E-state index contributed by atoms with van der Waals surface area (Å²) in [5.74, 6) is -0.0000283. The molecule has 2 aromatic carbocycles. The number of nitrogens with zero attached hydrogens (tertiary/aromatic N) is 1. The highest BCUT2D eigenvalue weighted by molar-refractivity contribution is 6.03. The van der Waals surface area contributed by atoms with Crippen molar-refractivity contribution in [3.8, 4) is 0 Å². The normalized spacial score (nSPS) is 15.5. The van der Waals surface area contributed by atoms with Gasteiger partial charge in [0.1, 0.15) is 6.54 Å². The van der Waals surface area contributed by atoms with Gasteiger partial charge in [0.2, 0.25) is 5.91 Å². The van der Waals surface area contributed by atoms with Gasteiger partial charge in [0.05, 0.1) is 11.4 Å². The lowest BCUT2D eigenvalue weighted by molar-refractivity contribution is -0.115. The number of hydrogen-bond donors (Lipinski definition) is 2. The molecular weight excluding hydrogens is 250 g/mol. The summed E-state index contributed by atoms with van der Waals surface area (Å²) in [6, 6.07) is 15.9. The van der Waals surface area contributed by atoms with Gasteiger partial charge in [0.15, 0.2) is 0 Å². The highest BCUT2D eigenvalue weighted by Crippen LogP contribution is 2.34. The number of para-hydroxylation sites is 2. The molecule has 1 amide bonds. The van der Waals surface area contributed by atoms with Gasteiger partial charge in [-0.15, -0.1) is 0 Å². The maximum atomic E-state index is 11.8. The van der Waals surface area contributed by atoms with Crippen LogP contribution in [0.2, 0.25) is 0 Å². The Kier molecular flexibility index (Phi) is 3.16.